The van der Waals surface area contributed by atoms with Gasteiger partial charge in [0.15, 0.2) is 0 Å². The van der Waals surface area contributed by atoms with E-state index in [1.165, 1.54) is 0 Å². The molecule has 1 atom stereocenters. The number of hydrogen-bond donors (Lipinski definition) is 1. The highest BCUT2D eigenvalue weighted by Crippen LogP contribution is 2.27. The number of ether oxygens (including phenoxy) is 1. The number of aliphatic hydroxyl groups is 1. The van der Waals surface area contributed by atoms with Gasteiger partial charge in [-0.2, -0.15) is 0 Å². The maximum absolute atomic E-state index is 10.7. The molecule has 0 radical (unpaired) electrons. The molecule has 112 valence electrons. The van der Waals surface area contributed by atoms with E-state index in [1.54, 1.807) is 30.4 Å². The third kappa shape index (κ3) is 3.53. The summed E-state index contributed by atoms with van der Waals surface area (Å²) in [5, 5.41) is 11.3. The van der Waals surface area contributed by atoms with Crippen molar-refractivity contribution in [2.24, 2.45) is 0 Å². The molecule has 5 heteroatoms. The maximum Gasteiger partial charge on any atom is 0.123 e. The predicted octanol–water partition coefficient (Wildman–Crippen LogP) is 3.32. The number of hydrogen-bond acceptors (Lipinski definition) is 3. The molecule has 0 fully saturated rings. The first-order chi connectivity index (χ1) is 9.95. The Morgan fingerprint density at radius 2 is 2.14 bits per heavy atom. The van der Waals surface area contributed by atoms with Crippen LogP contribution in [0.15, 0.2) is 43.0 Å². The molecule has 0 spiro atoms. The second-order valence-electron chi connectivity index (χ2n) is 5.27. The third-order valence-electron chi connectivity index (χ3n) is 3.48. The summed E-state index contributed by atoms with van der Waals surface area (Å²) in [5.74, 6) is 0. The largest absolute Gasteiger partial charge is 0.384 e. The number of aromatic nitrogens is 2. The van der Waals surface area contributed by atoms with Crippen molar-refractivity contribution >= 4 is 23.4 Å². The summed E-state index contributed by atoms with van der Waals surface area (Å²) in [6, 6.07) is 7.47. The molecule has 21 heavy (non-hydrogen) atoms. The zero-order chi connectivity index (χ0) is 15.5. The molecule has 0 saturated carbocycles. The van der Waals surface area contributed by atoms with Crippen LogP contribution in [0.3, 0.4) is 0 Å². The van der Waals surface area contributed by atoms with Gasteiger partial charge in [0.05, 0.1) is 17.6 Å². The molecule has 0 aliphatic heterocycles. The first kappa shape index (κ1) is 15.8. The first-order valence-electron chi connectivity index (χ1n) is 6.63. The van der Waals surface area contributed by atoms with E-state index in [9.17, 15) is 5.11 Å². The highest BCUT2D eigenvalue weighted by atomic mass is 35.5. The van der Waals surface area contributed by atoms with Crippen LogP contribution >= 0.6 is 11.6 Å². The van der Waals surface area contributed by atoms with Crippen LogP contribution in [-0.2, 0) is 4.74 Å². The van der Waals surface area contributed by atoms with Gasteiger partial charge >= 0.3 is 0 Å². The summed E-state index contributed by atoms with van der Waals surface area (Å²) in [4.78, 5) is 4.03. The van der Waals surface area contributed by atoms with Crippen molar-refractivity contribution in [1.82, 2.24) is 9.55 Å². The van der Waals surface area contributed by atoms with Gasteiger partial charge in [0, 0.05) is 24.5 Å². The van der Waals surface area contributed by atoms with Crippen LogP contribution in [0.25, 0.3) is 11.8 Å². The van der Waals surface area contributed by atoms with Crippen LogP contribution in [0.4, 0.5) is 0 Å². The zero-order valence-corrected chi connectivity index (χ0v) is 13.1. The van der Waals surface area contributed by atoms with Crippen molar-refractivity contribution < 1.29 is 9.84 Å². The number of imidazole rings is 1. The molecule has 0 saturated heterocycles. The van der Waals surface area contributed by atoms with Gasteiger partial charge in [-0.15, -0.1) is 0 Å². The topological polar surface area (TPSA) is 47.3 Å². The van der Waals surface area contributed by atoms with E-state index in [0.29, 0.717) is 10.7 Å². The molecule has 1 N–H and O–H groups in total. The van der Waals surface area contributed by atoms with Crippen molar-refractivity contribution in [2.75, 3.05) is 7.11 Å². The van der Waals surface area contributed by atoms with E-state index in [2.05, 4.69) is 4.98 Å². The number of methoxy groups -OCH3 is 1. The van der Waals surface area contributed by atoms with Crippen LogP contribution in [0, 0.1) is 0 Å². The normalized spacial score (nSPS) is 14.2. The zero-order valence-electron chi connectivity index (χ0n) is 12.3. The molecule has 0 aliphatic carbocycles. The Morgan fingerprint density at radius 3 is 2.71 bits per heavy atom. The Labute approximate surface area is 129 Å². The number of benzene rings is 1. The fourth-order valence-corrected chi connectivity index (χ4v) is 2.12. The Hall–Kier alpha value is -1.62. The fourth-order valence-electron chi connectivity index (χ4n) is 1.93. The standard InChI is InChI=1S/C16H19ClN2O2/c1-16(2,21-3)15(20)14(19-9-8-18-11-19)10-12-6-4-5-7-13(12)17/h4-11,15,20H,1-3H3. The number of aliphatic hydroxyl groups excluding tert-OH is 1. The summed E-state index contributed by atoms with van der Waals surface area (Å²) in [6.07, 6.45) is 6.07. The summed E-state index contributed by atoms with van der Waals surface area (Å²) >= 11 is 6.20. The second-order valence-corrected chi connectivity index (χ2v) is 5.68. The molecule has 0 bridgehead atoms. The van der Waals surface area contributed by atoms with Crippen molar-refractivity contribution in [3.8, 4) is 0 Å². The van der Waals surface area contributed by atoms with Gasteiger partial charge in [-0.3, -0.25) is 0 Å². The average Bonchev–Trinajstić information content (AvgIpc) is 2.99. The second kappa shape index (κ2) is 6.43. The van der Waals surface area contributed by atoms with Gasteiger partial charge in [0.1, 0.15) is 6.10 Å². The molecule has 0 aliphatic rings. The molecule has 1 heterocycles. The van der Waals surface area contributed by atoms with Crippen LogP contribution in [0.1, 0.15) is 19.4 Å². The first-order valence-corrected chi connectivity index (χ1v) is 7.01. The van der Waals surface area contributed by atoms with Crippen molar-refractivity contribution in [3.63, 3.8) is 0 Å². The quantitative estimate of drug-likeness (QED) is 0.922. The molecule has 2 rings (SSSR count). The van der Waals surface area contributed by atoms with Gasteiger partial charge in [0.25, 0.3) is 0 Å². The van der Waals surface area contributed by atoms with Gasteiger partial charge in [-0.05, 0) is 31.6 Å². The minimum atomic E-state index is -0.840. The molecule has 1 aromatic carbocycles. The van der Waals surface area contributed by atoms with Gasteiger partial charge in [-0.25, -0.2) is 4.98 Å². The van der Waals surface area contributed by atoms with Gasteiger partial charge in [0.2, 0.25) is 0 Å². The smallest absolute Gasteiger partial charge is 0.123 e. The third-order valence-corrected chi connectivity index (χ3v) is 3.82. The van der Waals surface area contributed by atoms with Crippen LogP contribution < -0.4 is 0 Å². The van der Waals surface area contributed by atoms with Crippen molar-refractivity contribution in [1.29, 1.82) is 0 Å². The van der Waals surface area contributed by atoms with E-state index >= 15 is 0 Å². The molecule has 1 unspecified atom stereocenters. The number of rotatable bonds is 5. The maximum atomic E-state index is 10.7. The van der Waals surface area contributed by atoms with E-state index in [4.69, 9.17) is 16.3 Å². The Kier molecular flexibility index (Phi) is 4.83. The molecule has 0 amide bonds. The van der Waals surface area contributed by atoms with Crippen LogP contribution in [0.2, 0.25) is 5.02 Å². The fraction of sp³-hybridized carbons (Fsp3) is 0.312. The number of nitrogens with zero attached hydrogens (tertiary/aromatic N) is 2. The highest BCUT2D eigenvalue weighted by Gasteiger charge is 2.31. The van der Waals surface area contributed by atoms with Gasteiger partial charge in [-0.1, -0.05) is 29.8 Å². The van der Waals surface area contributed by atoms with Crippen molar-refractivity contribution in [3.05, 3.63) is 53.6 Å². The molecular weight excluding hydrogens is 288 g/mol. The molecule has 2 aromatic rings. The van der Waals surface area contributed by atoms with E-state index in [1.807, 2.05) is 44.2 Å². The number of halogens is 1. The lowest BCUT2D eigenvalue weighted by Crippen LogP contribution is -2.40. The van der Waals surface area contributed by atoms with E-state index < -0.39 is 11.7 Å². The summed E-state index contributed by atoms with van der Waals surface area (Å²) in [5.41, 5.74) is 0.735. The molecule has 1 aromatic heterocycles. The Morgan fingerprint density at radius 1 is 1.43 bits per heavy atom. The minimum Gasteiger partial charge on any atom is -0.384 e. The molecular formula is C16H19ClN2O2. The lowest BCUT2D eigenvalue weighted by molar-refractivity contribution is -0.0535. The lowest BCUT2D eigenvalue weighted by Gasteiger charge is -2.31. The summed E-state index contributed by atoms with van der Waals surface area (Å²) in [7, 11) is 1.57. The van der Waals surface area contributed by atoms with Crippen molar-refractivity contribution in [2.45, 2.75) is 25.6 Å². The molecule has 4 nitrogen and oxygen atoms in total. The minimum absolute atomic E-state index is 0.623. The average molecular weight is 307 g/mol. The lowest BCUT2D eigenvalue weighted by atomic mass is 9.97. The van der Waals surface area contributed by atoms with E-state index in [-0.39, 0.29) is 0 Å². The van der Waals surface area contributed by atoms with E-state index in [0.717, 1.165) is 5.56 Å². The summed E-state index contributed by atoms with van der Waals surface area (Å²) < 4.78 is 7.15. The van der Waals surface area contributed by atoms with Gasteiger partial charge < -0.3 is 14.4 Å². The highest BCUT2D eigenvalue weighted by molar-refractivity contribution is 6.32. The van der Waals surface area contributed by atoms with Crippen LogP contribution in [-0.4, -0.2) is 33.5 Å². The monoisotopic (exact) mass is 306 g/mol. The Balaban J connectivity index is 2.50. The SMILES string of the molecule is COC(C)(C)C(O)C(=Cc1ccccc1Cl)n1ccnc1. The van der Waals surface area contributed by atoms with Crippen LogP contribution in [0.5, 0.6) is 0 Å². The Bertz CT molecular complexity index is 621. The predicted molar refractivity (Wildman–Crippen MR) is 84.9 cm³/mol. The summed E-state index contributed by atoms with van der Waals surface area (Å²) in [6.45, 7) is 3.66.